The molecule has 1 atom stereocenters. The van der Waals surface area contributed by atoms with Crippen LogP contribution in [0.3, 0.4) is 0 Å². The topological polar surface area (TPSA) is 78.6 Å². The zero-order valence-electron chi connectivity index (χ0n) is 20.1. The van der Waals surface area contributed by atoms with Crippen molar-refractivity contribution in [3.63, 3.8) is 0 Å². The summed E-state index contributed by atoms with van der Waals surface area (Å²) in [4.78, 5) is 6.97. The lowest BCUT2D eigenvalue weighted by Crippen LogP contribution is -2.47. The van der Waals surface area contributed by atoms with Crippen molar-refractivity contribution in [1.82, 2.24) is 9.88 Å². The number of likely N-dealkylation sites (tertiary alicyclic amines) is 1. The molecule has 2 aliphatic rings. The Morgan fingerprint density at radius 2 is 1.94 bits per heavy atom. The van der Waals surface area contributed by atoms with Gasteiger partial charge in [0.15, 0.2) is 6.10 Å². The van der Waals surface area contributed by atoms with E-state index < -0.39 is 0 Å². The first-order valence-electron chi connectivity index (χ1n) is 12.1. The van der Waals surface area contributed by atoms with Crippen molar-refractivity contribution in [2.75, 3.05) is 26.2 Å². The van der Waals surface area contributed by atoms with Gasteiger partial charge < -0.3 is 14.6 Å². The Kier molecular flexibility index (Phi) is 6.43. The second-order valence-electron chi connectivity index (χ2n) is 9.21. The van der Waals surface area contributed by atoms with Gasteiger partial charge in [-0.15, -0.1) is 0 Å². The molecule has 1 N–H and O–H groups in total. The quantitative estimate of drug-likeness (QED) is 0.498. The lowest BCUT2D eigenvalue weighted by molar-refractivity contribution is 0.0806. The number of hydrogen-bond acceptors (Lipinski definition) is 6. The summed E-state index contributed by atoms with van der Waals surface area (Å²) < 4.78 is 12.4. The van der Waals surface area contributed by atoms with Crippen molar-refractivity contribution in [3.8, 4) is 23.3 Å². The molecule has 0 radical (unpaired) electrons. The maximum atomic E-state index is 10.0. The summed E-state index contributed by atoms with van der Waals surface area (Å²) in [5.74, 6) is 2.57. The smallest absolute Gasteiger partial charge is 0.151 e. The van der Waals surface area contributed by atoms with Crippen molar-refractivity contribution in [2.45, 2.75) is 26.4 Å². The number of pyridine rings is 1. The van der Waals surface area contributed by atoms with E-state index in [-0.39, 0.29) is 11.9 Å². The Hall–Kier alpha value is -3.82. The van der Waals surface area contributed by atoms with Gasteiger partial charge in [0.2, 0.25) is 0 Å². The third-order valence-electron chi connectivity index (χ3n) is 6.92. The number of ether oxygens (including phenoxy) is 2. The molecule has 0 amide bonds. The molecule has 5 rings (SSSR count). The first kappa shape index (κ1) is 22.9. The average molecular weight is 468 g/mol. The molecular formula is C29H29N3O3. The maximum Gasteiger partial charge on any atom is 0.151 e. The van der Waals surface area contributed by atoms with Crippen LogP contribution in [0.1, 0.15) is 48.8 Å². The third-order valence-corrected chi connectivity index (χ3v) is 6.92. The highest BCUT2D eigenvalue weighted by atomic mass is 16.5. The number of benzene rings is 2. The van der Waals surface area contributed by atoms with Crippen LogP contribution in [-0.2, 0) is 0 Å². The van der Waals surface area contributed by atoms with E-state index in [0.29, 0.717) is 17.9 Å². The van der Waals surface area contributed by atoms with Crippen LogP contribution in [0.15, 0.2) is 60.8 Å². The molecule has 3 aromatic rings. The largest absolute Gasteiger partial charge is 0.508 e. The van der Waals surface area contributed by atoms with Crippen molar-refractivity contribution in [1.29, 1.82) is 5.26 Å². The molecule has 0 aliphatic carbocycles. The predicted octanol–water partition coefficient (Wildman–Crippen LogP) is 5.44. The summed E-state index contributed by atoms with van der Waals surface area (Å²) in [5.41, 5.74) is 4.93. The number of aromatic hydroxyl groups is 1. The van der Waals surface area contributed by atoms with E-state index in [1.54, 1.807) is 30.5 Å². The number of allylic oxidation sites excluding steroid dienone is 1. The molecule has 0 spiro atoms. The maximum absolute atomic E-state index is 10.0. The number of nitrogens with zero attached hydrogens (tertiary/aromatic N) is 3. The van der Waals surface area contributed by atoms with E-state index in [9.17, 15) is 10.4 Å². The molecule has 3 heterocycles. The number of phenols is 1. The van der Waals surface area contributed by atoms with E-state index in [1.165, 1.54) is 19.5 Å². The minimum absolute atomic E-state index is 0.183. The standard InChI is InChI=1S/C29H29N3O3/c1-3-20-17-32(18-20)12-13-34-24-8-5-22(6-9-24)29-28(26-10-4-21(15-30)16-31-26)19(2)25-14-23(33)7-11-27(25)35-29/h4-11,14,16,20,29,33H,3,12-13,17-18H2,1-2H3. The molecule has 1 saturated heterocycles. The second kappa shape index (κ2) is 9.81. The molecule has 35 heavy (non-hydrogen) atoms. The zero-order chi connectivity index (χ0) is 24.4. The van der Waals surface area contributed by atoms with Gasteiger partial charge in [-0.1, -0.05) is 25.5 Å². The van der Waals surface area contributed by atoms with Crippen LogP contribution in [0.25, 0.3) is 11.1 Å². The second-order valence-corrected chi connectivity index (χ2v) is 9.21. The van der Waals surface area contributed by atoms with Crippen LogP contribution in [0, 0.1) is 17.2 Å². The van der Waals surface area contributed by atoms with E-state index in [0.717, 1.165) is 46.2 Å². The summed E-state index contributed by atoms with van der Waals surface area (Å²) >= 11 is 0. The zero-order valence-corrected chi connectivity index (χ0v) is 20.1. The molecule has 6 heteroatoms. The van der Waals surface area contributed by atoms with Gasteiger partial charge in [-0.2, -0.15) is 5.26 Å². The molecule has 0 saturated carbocycles. The number of nitriles is 1. The molecule has 2 aromatic carbocycles. The monoisotopic (exact) mass is 467 g/mol. The molecular weight excluding hydrogens is 438 g/mol. The van der Waals surface area contributed by atoms with E-state index in [4.69, 9.17) is 9.47 Å². The van der Waals surface area contributed by atoms with Gasteiger partial charge in [0.1, 0.15) is 29.9 Å². The highest BCUT2D eigenvalue weighted by Gasteiger charge is 2.30. The van der Waals surface area contributed by atoms with Crippen LogP contribution < -0.4 is 9.47 Å². The number of aromatic nitrogens is 1. The Labute approximate surface area is 206 Å². The van der Waals surface area contributed by atoms with Crippen molar-refractivity contribution in [2.24, 2.45) is 5.92 Å². The van der Waals surface area contributed by atoms with Gasteiger partial charge in [0, 0.05) is 37.0 Å². The van der Waals surface area contributed by atoms with Gasteiger partial charge in [-0.25, -0.2) is 0 Å². The summed E-state index contributed by atoms with van der Waals surface area (Å²) in [6.07, 6.45) is 2.44. The van der Waals surface area contributed by atoms with Crippen LogP contribution in [-0.4, -0.2) is 41.2 Å². The van der Waals surface area contributed by atoms with Crippen LogP contribution in [0.2, 0.25) is 0 Å². The first-order valence-corrected chi connectivity index (χ1v) is 12.1. The SMILES string of the molecule is CCC1CN(CCOc2ccc(C3Oc4ccc(O)cc4C(C)=C3c3ccc(C#N)cn3)cc2)C1. The highest BCUT2D eigenvalue weighted by molar-refractivity contribution is 5.94. The fourth-order valence-electron chi connectivity index (χ4n) is 4.77. The van der Waals surface area contributed by atoms with E-state index in [2.05, 4.69) is 22.9 Å². The fourth-order valence-corrected chi connectivity index (χ4v) is 4.77. The predicted molar refractivity (Wildman–Crippen MR) is 135 cm³/mol. The van der Waals surface area contributed by atoms with Gasteiger partial charge in [-0.05, 0) is 66.4 Å². The number of fused-ring (bicyclic) bond motifs is 1. The average Bonchev–Trinajstić information content (AvgIpc) is 2.86. The minimum atomic E-state index is -0.381. The normalized spacial score (nSPS) is 17.8. The number of phenolic OH excluding ortho intramolecular Hbond substituents is 1. The molecule has 178 valence electrons. The Bertz CT molecular complexity index is 1270. The fraction of sp³-hybridized carbons (Fsp3) is 0.310. The lowest BCUT2D eigenvalue weighted by atomic mass is 9.88. The summed E-state index contributed by atoms with van der Waals surface area (Å²) in [7, 11) is 0. The van der Waals surface area contributed by atoms with Crippen LogP contribution >= 0.6 is 0 Å². The van der Waals surface area contributed by atoms with E-state index >= 15 is 0 Å². The minimum Gasteiger partial charge on any atom is -0.508 e. The lowest BCUT2D eigenvalue weighted by Gasteiger charge is -2.38. The molecule has 1 unspecified atom stereocenters. The third kappa shape index (κ3) is 4.73. The van der Waals surface area contributed by atoms with Crippen molar-refractivity contribution < 1.29 is 14.6 Å². The molecule has 6 nitrogen and oxygen atoms in total. The molecule has 2 aliphatic heterocycles. The Balaban J connectivity index is 1.38. The molecule has 1 aromatic heterocycles. The number of hydrogen-bond donors (Lipinski definition) is 1. The Morgan fingerprint density at radius 1 is 1.14 bits per heavy atom. The van der Waals surface area contributed by atoms with Gasteiger partial charge in [0.25, 0.3) is 0 Å². The summed E-state index contributed by atoms with van der Waals surface area (Å²) in [6, 6.07) is 18.9. The van der Waals surface area contributed by atoms with Crippen LogP contribution in [0.5, 0.6) is 17.2 Å². The summed E-state index contributed by atoms with van der Waals surface area (Å²) in [5, 5.41) is 19.2. The van der Waals surface area contributed by atoms with Crippen molar-refractivity contribution >= 4 is 11.1 Å². The molecule has 0 bridgehead atoms. The number of rotatable bonds is 7. The van der Waals surface area contributed by atoms with Gasteiger partial charge in [-0.3, -0.25) is 9.88 Å². The highest BCUT2D eigenvalue weighted by Crippen LogP contribution is 2.47. The molecule has 1 fully saturated rings. The van der Waals surface area contributed by atoms with E-state index in [1.807, 2.05) is 37.3 Å². The van der Waals surface area contributed by atoms with Gasteiger partial charge >= 0.3 is 0 Å². The van der Waals surface area contributed by atoms with Crippen LogP contribution in [0.4, 0.5) is 0 Å². The Morgan fingerprint density at radius 3 is 2.63 bits per heavy atom. The van der Waals surface area contributed by atoms with Crippen molar-refractivity contribution in [3.05, 3.63) is 83.2 Å². The first-order chi connectivity index (χ1) is 17.1. The summed E-state index contributed by atoms with van der Waals surface area (Å²) in [6.45, 7) is 8.23. The van der Waals surface area contributed by atoms with Gasteiger partial charge in [0.05, 0.1) is 11.3 Å².